The Kier molecular flexibility index (Phi) is 6.05. The van der Waals surface area contributed by atoms with Crippen molar-refractivity contribution in [1.82, 2.24) is 20.2 Å². The van der Waals surface area contributed by atoms with E-state index in [1.54, 1.807) is 12.5 Å². The molecule has 1 aromatic rings. The molecule has 0 aliphatic carbocycles. The zero-order valence-electron chi connectivity index (χ0n) is 13.2. The summed E-state index contributed by atoms with van der Waals surface area (Å²) in [6, 6.07) is 1.90. The van der Waals surface area contributed by atoms with Crippen LogP contribution in [0, 0.1) is 23.7 Å². The molecule has 124 valence electrons. The lowest BCUT2D eigenvalue weighted by molar-refractivity contribution is -0.127. The lowest BCUT2D eigenvalue weighted by atomic mass is 10.2. The summed E-state index contributed by atoms with van der Waals surface area (Å²) in [5.74, 6) is 1.64. The molecule has 1 saturated heterocycles. The summed E-state index contributed by atoms with van der Waals surface area (Å²) in [7, 11) is 0. The third-order valence-corrected chi connectivity index (χ3v) is 4.86. The highest BCUT2D eigenvalue weighted by molar-refractivity contribution is 8.04. The molecule has 2 rings (SSSR count). The predicted molar refractivity (Wildman–Crippen MR) is 90.2 cm³/mol. The number of aryl methyl sites for hydroxylation is 1. The second-order valence-electron chi connectivity index (χ2n) is 4.98. The van der Waals surface area contributed by atoms with Gasteiger partial charge in [0, 0.05) is 18.4 Å². The van der Waals surface area contributed by atoms with Crippen LogP contribution in [0.3, 0.4) is 0 Å². The smallest absolute Gasteiger partial charge is 0.265 e. The van der Waals surface area contributed by atoms with Gasteiger partial charge in [-0.1, -0.05) is 17.7 Å². The first-order chi connectivity index (χ1) is 11.6. The van der Waals surface area contributed by atoms with Crippen molar-refractivity contribution in [2.24, 2.45) is 0 Å². The number of H-pyrrole nitrogens is 1. The Bertz CT molecular complexity index is 727. The van der Waals surface area contributed by atoms with Crippen LogP contribution in [0.1, 0.15) is 19.0 Å². The Labute approximate surface area is 144 Å². The van der Waals surface area contributed by atoms with E-state index in [0.717, 1.165) is 5.69 Å². The fraction of sp³-hybridized carbons (Fsp3) is 0.375. The molecule has 2 heterocycles. The van der Waals surface area contributed by atoms with Crippen molar-refractivity contribution in [3.63, 3.8) is 0 Å². The molecule has 2 amide bonds. The summed E-state index contributed by atoms with van der Waals surface area (Å²) >= 11 is 1.25. The molecule has 0 saturated carbocycles. The number of nitriles is 1. The maximum atomic E-state index is 12.5. The molecule has 1 unspecified atom stereocenters. The SMILES string of the molecule is C#CCNC(=O)/C(C#N)=C1\SC(CCc2cnc[nH]2)C(=O)N1CC. The van der Waals surface area contributed by atoms with Crippen molar-refractivity contribution in [3.8, 4) is 18.4 Å². The number of aromatic nitrogens is 2. The van der Waals surface area contributed by atoms with E-state index >= 15 is 0 Å². The number of amides is 2. The van der Waals surface area contributed by atoms with Gasteiger partial charge in [-0.15, -0.1) is 6.42 Å². The van der Waals surface area contributed by atoms with Gasteiger partial charge in [0.2, 0.25) is 5.91 Å². The van der Waals surface area contributed by atoms with Gasteiger partial charge in [0.25, 0.3) is 5.91 Å². The maximum Gasteiger partial charge on any atom is 0.265 e. The minimum atomic E-state index is -0.557. The zero-order valence-corrected chi connectivity index (χ0v) is 14.0. The van der Waals surface area contributed by atoms with Crippen LogP contribution < -0.4 is 5.32 Å². The number of carbonyl (C=O) groups is 2. The number of imidazole rings is 1. The van der Waals surface area contributed by atoms with Crippen molar-refractivity contribution in [1.29, 1.82) is 5.26 Å². The quantitative estimate of drug-likeness (QED) is 0.452. The Morgan fingerprint density at radius 3 is 3.00 bits per heavy atom. The Hall–Kier alpha value is -2.71. The van der Waals surface area contributed by atoms with Crippen molar-refractivity contribution in [2.45, 2.75) is 25.0 Å². The summed E-state index contributed by atoms with van der Waals surface area (Å²) in [5, 5.41) is 11.9. The molecule has 2 N–H and O–H groups in total. The number of hydrogen-bond donors (Lipinski definition) is 2. The van der Waals surface area contributed by atoms with Crippen LogP contribution in [0.5, 0.6) is 0 Å². The largest absolute Gasteiger partial charge is 0.348 e. The number of nitrogens with one attached hydrogen (secondary N) is 2. The van der Waals surface area contributed by atoms with Crippen LogP contribution in [0.25, 0.3) is 0 Å². The van der Waals surface area contributed by atoms with Gasteiger partial charge in [-0.05, 0) is 19.8 Å². The number of nitrogens with zero attached hydrogens (tertiary/aromatic N) is 3. The van der Waals surface area contributed by atoms with Gasteiger partial charge in [0.1, 0.15) is 16.7 Å². The third kappa shape index (κ3) is 3.79. The highest BCUT2D eigenvalue weighted by atomic mass is 32.2. The van der Waals surface area contributed by atoms with Crippen LogP contribution in [-0.4, -0.2) is 45.0 Å². The van der Waals surface area contributed by atoms with Gasteiger partial charge in [0.05, 0.1) is 18.1 Å². The summed E-state index contributed by atoms with van der Waals surface area (Å²) in [4.78, 5) is 33.0. The van der Waals surface area contributed by atoms with Crippen LogP contribution in [0.4, 0.5) is 0 Å². The van der Waals surface area contributed by atoms with Gasteiger partial charge < -0.3 is 15.2 Å². The highest BCUT2D eigenvalue weighted by Crippen LogP contribution is 2.39. The molecule has 1 aromatic heterocycles. The summed E-state index contributed by atoms with van der Waals surface area (Å²) in [6.45, 7) is 2.24. The second-order valence-corrected chi connectivity index (χ2v) is 6.17. The van der Waals surface area contributed by atoms with Crippen LogP contribution >= 0.6 is 11.8 Å². The first kappa shape index (κ1) is 17.6. The van der Waals surface area contributed by atoms with Crippen molar-refractivity contribution in [2.75, 3.05) is 13.1 Å². The fourth-order valence-electron chi connectivity index (χ4n) is 2.32. The van der Waals surface area contributed by atoms with Crippen LogP contribution in [0.15, 0.2) is 23.1 Å². The zero-order chi connectivity index (χ0) is 17.5. The molecule has 24 heavy (non-hydrogen) atoms. The molecule has 0 aromatic carbocycles. The number of thioether (sulfide) groups is 1. The minimum Gasteiger partial charge on any atom is -0.348 e. The molecule has 0 spiro atoms. The predicted octanol–water partition coefficient (Wildman–Crippen LogP) is 0.791. The molecular formula is C16H17N5O2S. The highest BCUT2D eigenvalue weighted by Gasteiger charge is 2.38. The van der Waals surface area contributed by atoms with Crippen molar-refractivity contribution < 1.29 is 9.59 Å². The van der Waals surface area contributed by atoms with Gasteiger partial charge in [-0.25, -0.2) is 4.98 Å². The van der Waals surface area contributed by atoms with Crippen LogP contribution in [-0.2, 0) is 16.0 Å². The summed E-state index contributed by atoms with van der Waals surface area (Å²) in [5.41, 5.74) is 0.866. The van der Waals surface area contributed by atoms with Gasteiger partial charge in [-0.2, -0.15) is 5.26 Å². The normalized spacial score (nSPS) is 18.9. The number of aromatic amines is 1. The maximum absolute atomic E-state index is 12.5. The topological polar surface area (TPSA) is 102 Å². The number of terminal acetylenes is 1. The van der Waals surface area contributed by atoms with E-state index in [9.17, 15) is 14.9 Å². The molecule has 0 radical (unpaired) electrons. The third-order valence-electron chi connectivity index (χ3n) is 3.49. The molecular weight excluding hydrogens is 326 g/mol. The number of carbonyl (C=O) groups excluding carboxylic acids is 2. The minimum absolute atomic E-state index is 0.0330. The monoisotopic (exact) mass is 343 g/mol. The molecule has 8 heteroatoms. The first-order valence-corrected chi connectivity index (χ1v) is 8.31. The van der Waals surface area contributed by atoms with E-state index in [1.165, 1.54) is 16.7 Å². The van der Waals surface area contributed by atoms with Crippen molar-refractivity contribution in [3.05, 3.63) is 28.8 Å². The van der Waals surface area contributed by atoms with Crippen LogP contribution in [0.2, 0.25) is 0 Å². The van der Waals surface area contributed by atoms with Gasteiger partial charge in [0.15, 0.2) is 0 Å². The summed E-state index contributed by atoms with van der Waals surface area (Å²) in [6.07, 6.45) is 9.68. The van der Waals surface area contributed by atoms with Gasteiger partial charge in [-0.3, -0.25) is 9.59 Å². The van der Waals surface area contributed by atoms with E-state index in [1.807, 2.05) is 13.0 Å². The lowest BCUT2D eigenvalue weighted by Gasteiger charge is -2.15. The van der Waals surface area contributed by atoms with Crippen molar-refractivity contribution >= 4 is 23.6 Å². The van der Waals surface area contributed by atoms with E-state index < -0.39 is 5.91 Å². The molecule has 7 nitrogen and oxygen atoms in total. The average Bonchev–Trinajstić information content (AvgIpc) is 3.20. The van der Waals surface area contributed by atoms with E-state index in [2.05, 4.69) is 21.2 Å². The van der Waals surface area contributed by atoms with Gasteiger partial charge >= 0.3 is 0 Å². The van der Waals surface area contributed by atoms with E-state index in [4.69, 9.17) is 6.42 Å². The van der Waals surface area contributed by atoms with E-state index in [-0.39, 0.29) is 23.3 Å². The molecule has 1 aliphatic heterocycles. The Morgan fingerprint density at radius 2 is 2.42 bits per heavy atom. The second kappa shape index (κ2) is 8.23. The van der Waals surface area contributed by atoms with E-state index in [0.29, 0.717) is 24.4 Å². The molecule has 0 bridgehead atoms. The molecule has 1 atom stereocenters. The fourth-order valence-corrected chi connectivity index (χ4v) is 3.66. The molecule has 1 aliphatic rings. The number of hydrogen-bond acceptors (Lipinski definition) is 5. The standard InChI is InChI=1S/C16H17N5O2S/c1-3-7-19-14(22)12(8-17)16-21(4-2)15(23)13(24-16)6-5-11-9-18-10-20-11/h1,9-10,13H,4-7H2,2H3,(H,18,20)(H,19,22)/b16-12-. The summed E-state index contributed by atoms with van der Waals surface area (Å²) < 4.78 is 0. The first-order valence-electron chi connectivity index (χ1n) is 7.43. The molecule has 1 fully saturated rings. The Morgan fingerprint density at radius 1 is 1.62 bits per heavy atom. The average molecular weight is 343 g/mol. The number of rotatable bonds is 6. The Balaban J connectivity index is 2.18. The lowest BCUT2D eigenvalue weighted by Crippen LogP contribution is -2.31.